The fourth-order valence-corrected chi connectivity index (χ4v) is 1.43. The Morgan fingerprint density at radius 1 is 1.42 bits per heavy atom. The molecule has 0 aliphatic heterocycles. The van der Waals surface area contributed by atoms with E-state index in [0.29, 0.717) is 5.02 Å². The van der Waals surface area contributed by atoms with Crippen molar-refractivity contribution >= 4 is 23.1 Å². The maximum Gasteiger partial charge on any atom is 0.374 e. The normalized spacial score (nSPS) is 10.0. The average Bonchev–Trinajstić information content (AvgIpc) is 2.38. The number of pyridine rings is 1. The van der Waals surface area contributed by atoms with E-state index in [-0.39, 0.29) is 17.4 Å². The molecule has 0 aromatic carbocycles. The molecule has 10 heteroatoms. The van der Waals surface area contributed by atoms with Gasteiger partial charge < -0.3 is 10.2 Å². The van der Waals surface area contributed by atoms with Gasteiger partial charge in [-0.15, -0.1) is 0 Å². The number of nitrogens with two attached hydrogens (primary N) is 1. The third-order valence-electron chi connectivity index (χ3n) is 2.00. The molecule has 0 atom stereocenters. The van der Waals surface area contributed by atoms with Gasteiger partial charge >= 0.3 is 11.6 Å². The van der Waals surface area contributed by atoms with Gasteiger partial charge in [-0.1, -0.05) is 11.6 Å². The highest BCUT2D eigenvalue weighted by Gasteiger charge is 2.24. The van der Waals surface area contributed by atoms with Crippen LogP contribution in [0.15, 0.2) is 24.8 Å². The number of nitrogens with zero attached hydrogens (tertiary/aromatic N) is 4. The van der Waals surface area contributed by atoms with E-state index in [1.54, 1.807) is 0 Å². The second-order valence-electron chi connectivity index (χ2n) is 3.22. The quantitative estimate of drug-likeness (QED) is 0.490. The van der Waals surface area contributed by atoms with Gasteiger partial charge in [-0.2, -0.15) is 4.98 Å². The van der Waals surface area contributed by atoms with E-state index in [4.69, 9.17) is 22.2 Å². The maximum atomic E-state index is 11.0. The number of hydrazine groups is 1. The second-order valence-corrected chi connectivity index (χ2v) is 3.65. The SMILES string of the molecule is NNc1ncnc(Oc2cncc(Cl)c2)c1[N+](=O)[O-]. The molecule has 2 heterocycles. The zero-order chi connectivity index (χ0) is 13.8. The first-order chi connectivity index (χ1) is 9.11. The molecule has 0 saturated carbocycles. The van der Waals surface area contributed by atoms with Crippen molar-refractivity contribution in [3.63, 3.8) is 0 Å². The van der Waals surface area contributed by atoms with E-state index < -0.39 is 10.6 Å². The van der Waals surface area contributed by atoms with E-state index in [1.807, 2.05) is 0 Å². The zero-order valence-corrected chi connectivity index (χ0v) is 10.0. The molecule has 98 valence electrons. The standard InChI is InChI=1S/C9H7ClN6O3/c10-5-1-6(3-12-2-5)19-9-7(16(17)18)8(15-11)13-4-14-9/h1-4H,11H2,(H,13,14,15). The summed E-state index contributed by atoms with van der Waals surface area (Å²) >= 11 is 5.73. The van der Waals surface area contributed by atoms with Crippen LogP contribution in [0.25, 0.3) is 0 Å². The van der Waals surface area contributed by atoms with Crippen molar-refractivity contribution in [2.45, 2.75) is 0 Å². The molecule has 19 heavy (non-hydrogen) atoms. The molecular formula is C9H7ClN6O3. The molecule has 0 unspecified atom stereocenters. The maximum absolute atomic E-state index is 11.0. The lowest BCUT2D eigenvalue weighted by Gasteiger charge is -2.06. The lowest BCUT2D eigenvalue weighted by molar-refractivity contribution is -0.385. The minimum atomic E-state index is -0.706. The first-order valence-corrected chi connectivity index (χ1v) is 5.24. The third-order valence-corrected chi connectivity index (χ3v) is 2.21. The molecule has 0 fully saturated rings. The highest BCUT2D eigenvalue weighted by molar-refractivity contribution is 6.30. The van der Waals surface area contributed by atoms with Crippen LogP contribution in [0.5, 0.6) is 11.6 Å². The topological polar surface area (TPSA) is 129 Å². The van der Waals surface area contributed by atoms with E-state index in [9.17, 15) is 10.1 Å². The molecule has 2 rings (SSSR count). The Morgan fingerprint density at radius 3 is 2.84 bits per heavy atom. The van der Waals surface area contributed by atoms with Crippen LogP contribution in [0.4, 0.5) is 11.5 Å². The summed E-state index contributed by atoms with van der Waals surface area (Å²) in [4.78, 5) is 21.4. The monoisotopic (exact) mass is 282 g/mol. The smallest absolute Gasteiger partial charge is 0.374 e. The number of ether oxygens (including phenoxy) is 1. The van der Waals surface area contributed by atoms with Crippen molar-refractivity contribution in [1.29, 1.82) is 0 Å². The summed E-state index contributed by atoms with van der Waals surface area (Å²) in [5.41, 5.74) is 1.62. The van der Waals surface area contributed by atoms with Gasteiger partial charge in [0.05, 0.1) is 16.1 Å². The Bertz CT molecular complexity index is 623. The minimum Gasteiger partial charge on any atom is -0.432 e. The molecule has 3 N–H and O–H groups in total. The fourth-order valence-electron chi connectivity index (χ4n) is 1.27. The Balaban J connectivity index is 2.42. The molecule has 9 nitrogen and oxygen atoms in total. The van der Waals surface area contributed by atoms with Crippen LogP contribution in [0.2, 0.25) is 5.02 Å². The fraction of sp³-hybridized carbons (Fsp3) is 0. The lowest BCUT2D eigenvalue weighted by Crippen LogP contribution is -2.12. The Hall–Kier alpha value is -2.52. The number of hydrogen-bond acceptors (Lipinski definition) is 8. The third kappa shape index (κ3) is 2.84. The Morgan fingerprint density at radius 2 is 2.21 bits per heavy atom. The van der Waals surface area contributed by atoms with E-state index >= 15 is 0 Å². The molecule has 0 spiro atoms. The van der Waals surface area contributed by atoms with Crippen LogP contribution < -0.4 is 16.0 Å². The molecular weight excluding hydrogens is 276 g/mol. The number of nitrogen functional groups attached to an aromatic ring is 1. The summed E-state index contributed by atoms with van der Waals surface area (Å²) in [6.07, 6.45) is 3.82. The van der Waals surface area contributed by atoms with Crippen LogP contribution in [-0.2, 0) is 0 Å². The molecule has 0 saturated heterocycles. The van der Waals surface area contributed by atoms with E-state index in [2.05, 4.69) is 20.4 Å². The summed E-state index contributed by atoms with van der Waals surface area (Å²) in [5.74, 6) is 4.92. The highest BCUT2D eigenvalue weighted by Crippen LogP contribution is 2.33. The van der Waals surface area contributed by atoms with Crippen molar-refractivity contribution in [2.75, 3.05) is 5.43 Å². The number of anilines is 1. The van der Waals surface area contributed by atoms with Crippen molar-refractivity contribution in [3.8, 4) is 11.6 Å². The highest BCUT2D eigenvalue weighted by atomic mass is 35.5. The largest absolute Gasteiger partial charge is 0.432 e. The van der Waals surface area contributed by atoms with Crippen LogP contribution >= 0.6 is 11.6 Å². The summed E-state index contributed by atoms with van der Waals surface area (Å²) in [5, 5.41) is 11.3. The number of hydrogen-bond donors (Lipinski definition) is 2. The van der Waals surface area contributed by atoms with Crippen molar-refractivity contribution in [2.24, 2.45) is 5.84 Å². The summed E-state index contributed by atoms with van der Waals surface area (Å²) in [6, 6.07) is 1.44. The van der Waals surface area contributed by atoms with E-state index in [1.165, 1.54) is 18.5 Å². The molecule has 2 aromatic heterocycles. The summed E-state index contributed by atoms with van der Waals surface area (Å²) < 4.78 is 5.26. The first-order valence-electron chi connectivity index (χ1n) is 4.86. The first kappa shape index (κ1) is 12.9. The van der Waals surface area contributed by atoms with Crippen LogP contribution in [-0.4, -0.2) is 19.9 Å². The Kier molecular flexibility index (Phi) is 3.68. The zero-order valence-electron chi connectivity index (χ0n) is 9.28. The van der Waals surface area contributed by atoms with Crippen LogP contribution in [0.3, 0.4) is 0 Å². The molecule has 0 amide bonds. The number of halogens is 1. The van der Waals surface area contributed by atoms with Gasteiger partial charge in [-0.05, 0) is 0 Å². The molecule has 0 bridgehead atoms. The number of rotatable bonds is 4. The van der Waals surface area contributed by atoms with Gasteiger partial charge in [0.1, 0.15) is 12.1 Å². The molecule has 0 radical (unpaired) electrons. The van der Waals surface area contributed by atoms with Gasteiger partial charge in [-0.25, -0.2) is 10.8 Å². The Labute approximate surface area is 111 Å². The average molecular weight is 283 g/mol. The number of aromatic nitrogens is 3. The molecule has 0 aliphatic rings. The van der Waals surface area contributed by atoms with Crippen LogP contribution in [0.1, 0.15) is 0 Å². The van der Waals surface area contributed by atoms with E-state index in [0.717, 1.165) is 6.33 Å². The predicted octanol–water partition coefficient (Wildman–Crippen LogP) is 1.51. The van der Waals surface area contributed by atoms with Crippen molar-refractivity contribution in [3.05, 3.63) is 39.9 Å². The lowest BCUT2D eigenvalue weighted by atomic mass is 10.4. The number of nitrogens with one attached hydrogen (secondary N) is 1. The summed E-state index contributed by atoms with van der Waals surface area (Å²) in [7, 11) is 0. The van der Waals surface area contributed by atoms with Crippen molar-refractivity contribution < 1.29 is 9.66 Å². The van der Waals surface area contributed by atoms with Gasteiger partial charge in [-0.3, -0.25) is 15.1 Å². The van der Waals surface area contributed by atoms with Gasteiger partial charge in [0.2, 0.25) is 5.82 Å². The number of nitro groups is 1. The summed E-state index contributed by atoms with van der Waals surface area (Å²) in [6.45, 7) is 0. The molecule has 0 aliphatic carbocycles. The van der Waals surface area contributed by atoms with Gasteiger partial charge in [0.15, 0.2) is 0 Å². The molecule has 2 aromatic rings. The van der Waals surface area contributed by atoms with Gasteiger partial charge in [0, 0.05) is 12.3 Å². The van der Waals surface area contributed by atoms with Crippen LogP contribution in [0, 0.1) is 10.1 Å². The minimum absolute atomic E-state index is 0.162. The van der Waals surface area contributed by atoms with Gasteiger partial charge in [0.25, 0.3) is 0 Å². The predicted molar refractivity (Wildman–Crippen MR) is 65.8 cm³/mol. The van der Waals surface area contributed by atoms with Crippen molar-refractivity contribution in [1.82, 2.24) is 15.0 Å². The second kappa shape index (κ2) is 5.42.